The van der Waals surface area contributed by atoms with Crippen LogP contribution in [0.2, 0.25) is 0 Å². The largest absolute Gasteiger partial charge is 0.358 e. The summed E-state index contributed by atoms with van der Waals surface area (Å²) in [7, 11) is 0. The number of allylic oxidation sites excluding steroid dienone is 1. The van der Waals surface area contributed by atoms with Crippen LogP contribution in [-0.4, -0.2) is 11.0 Å². The lowest BCUT2D eigenvalue weighted by molar-refractivity contribution is -0.00504. The fourth-order valence-corrected chi connectivity index (χ4v) is 1.22. The van der Waals surface area contributed by atoms with E-state index >= 15 is 0 Å². The number of hydrogen-bond donors (Lipinski definition) is 1. The number of rotatable bonds is 4. The van der Waals surface area contributed by atoms with Gasteiger partial charge in [0.25, 0.3) is 0 Å². The molecular weight excluding hydrogens is 156 g/mol. The van der Waals surface area contributed by atoms with Crippen molar-refractivity contribution in [3.05, 3.63) is 12.2 Å². The summed E-state index contributed by atoms with van der Waals surface area (Å²) in [6.45, 7) is 8.11. The second kappa shape index (κ2) is 4.83. The molecule has 0 N–H and O–H groups in total. The van der Waals surface area contributed by atoms with Crippen molar-refractivity contribution < 1.29 is 4.74 Å². The van der Waals surface area contributed by atoms with Crippen molar-refractivity contribution in [2.75, 3.05) is 0 Å². The van der Waals surface area contributed by atoms with Gasteiger partial charge in [-0.3, -0.25) is 0 Å². The van der Waals surface area contributed by atoms with Gasteiger partial charge in [0.05, 0.1) is 11.0 Å². The van der Waals surface area contributed by atoms with E-state index in [2.05, 4.69) is 32.6 Å². The minimum absolute atomic E-state index is 0.00356. The fraction of sp³-hybridized carbons (Fsp3) is 0.778. The smallest absolute Gasteiger partial charge is 0.0983 e. The van der Waals surface area contributed by atoms with E-state index in [9.17, 15) is 0 Å². The molecule has 11 heavy (non-hydrogen) atoms. The van der Waals surface area contributed by atoms with Crippen LogP contribution in [0.5, 0.6) is 0 Å². The van der Waals surface area contributed by atoms with Crippen molar-refractivity contribution in [1.29, 1.82) is 0 Å². The number of hydrogen-bond acceptors (Lipinski definition) is 2. The Kier molecular flexibility index (Phi) is 4.86. The molecule has 1 nitrogen and oxygen atoms in total. The molecule has 0 rings (SSSR count). The Morgan fingerprint density at radius 1 is 1.64 bits per heavy atom. The molecule has 66 valence electrons. The minimum atomic E-state index is -0.143. The quantitative estimate of drug-likeness (QED) is 0.391. The van der Waals surface area contributed by atoms with Gasteiger partial charge in [-0.15, -0.1) is 12.6 Å². The van der Waals surface area contributed by atoms with Crippen LogP contribution in [0.25, 0.3) is 0 Å². The minimum Gasteiger partial charge on any atom is -0.358 e. The van der Waals surface area contributed by atoms with Crippen molar-refractivity contribution >= 4 is 12.6 Å². The first-order chi connectivity index (χ1) is 5.04. The Hall–Kier alpha value is 0.0500. The third kappa shape index (κ3) is 4.49. The van der Waals surface area contributed by atoms with Crippen LogP contribution in [0, 0.1) is 0 Å². The van der Waals surface area contributed by atoms with E-state index in [0.29, 0.717) is 0 Å². The zero-order valence-corrected chi connectivity index (χ0v) is 8.69. The normalized spacial score (nSPS) is 20.1. The Balaban J connectivity index is 4.10. The molecule has 0 fully saturated rings. The van der Waals surface area contributed by atoms with Crippen LogP contribution in [0.1, 0.15) is 34.1 Å². The van der Waals surface area contributed by atoms with Crippen LogP contribution in [0.4, 0.5) is 0 Å². The molecule has 0 aliphatic carbocycles. The maximum atomic E-state index is 5.60. The molecule has 0 aromatic heterocycles. The molecule has 0 spiro atoms. The van der Waals surface area contributed by atoms with Crippen LogP contribution in [-0.2, 0) is 4.74 Å². The first kappa shape index (κ1) is 11.1. The second-order valence-electron chi connectivity index (χ2n) is 2.88. The highest BCUT2D eigenvalue weighted by molar-refractivity contribution is 7.80. The van der Waals surface area contributed by atoms with Crippen molar-refractivity contribution in [1.82, 2.24) is 0 Å². The highest BCUT2D eigenvalue weighted by Crippen LogP contribution is 2.20. The summed E-state index contributed by atoms with van der Waals surface area (Å²) >= 11 is 4.18. The fourth-order valence-electron chi connectivity index (χ4n) is 0.983. The Labute approximate surface area is 75.2 Å². The SMILES string of the molecule is CC=CC(C)(CC)OC(C)S. The molecular formula is C9H18OS. The summed E-state index contributed by atoms with van der Waals surface area (Å²) in [5.41, 5.74) is -0.147. The third-order valence-corrected chi connectivity index (χ3v) is 1.77. The molecule has 2 unspecified atom stereocenters. The zero-order valence-electron chi connectivity index (χ0n) is 7.79. The van der Waals surface area contributed by atoms with Crippen LogP contribution >= 0.6 is 12.6 Å². The summed E-state index contributed by atoms with van der Waals surface area (Å²) in [4.78, 5) is 0. The average Bonchev–Trinajstić information content (AvgIpc) is 1.87. The molecule has 0 aliphatic rings. The van der Waals surface area contributed by atoms with Crippen molar-refractivity contribution in [2.45, 2.75) is 45.2 Å². The van der Waals surface area contributed by atoms with E-state index < -0.39 is 0 Å². The highest BCUT2D eigenvalue weighted by atomic mass is 32.1. The van der Waals surface area contributed by atoms with Gasteiger partial charge in [-0.2, -0.15) is 0 Å². The lowest BCUT2D eigenvalue weighted by Crippen LogP contribution is -2.27. The summed E-state index contributed by atoms with van der Waals surface area (Å²) in [6, 6.07) is 0. The van der Waals surface area contributed by atoms with Gasteiger partial charge in [-0.05, 0) is 27.2 Å². The lowest BCUT2D eigenvalue weighted by atomic mass is 10.0. The molecule has 0 aliphatic heterocycles. The maximum absolute atomic E-state index is 5.60. The first-order valence-corrected chi connectivity index (χ1v) is 4.55. The van der Waals surface area contributed by atoms with Gasteiger partial charge in [-0.1, -0.05) is 19.1 Å². The van der Waals surface area contributed by atoms with E-state index in [-0.39, 0.29) is 11.0 Å². The standard InChI is InChI=1S/C9H18OS/c1-5-7-9(4,6-2)10-8(3)11/h5,7-8,11H,6H2,1-4H3. The van der Waals surface area contributed by atoms with Crippen LogP contribution < -0.4 is 0 Å². The Bertz CT molecular complexity index is 132. The molecule has 0 saturated carbocycles. The van der Waals surface area contributed by atoms with Crippen molar-refractivity contribution in [3.63, 3.8) is 0 Å². The number of thiol groups is 1. The van der Waals surface area contributed by atoms with Crippen molar-refractivity contribution in [3.8, 4) is 0 Å². The van der Waals surface area contributed by atoms with Gasteiger partial charge in [0.15, 0.2) is 0 Å². The van der Waals surface area contributed by atoms with E-state index in [1.807, 2.05) is 19.9 Å². The predicted octanol–water partition coefficient (Wildman–Crippen LogP) is 3.02. The molecule has 0 radical (unpaired) electrons. The highest BCUT2D eigenvalue weighted by Gasteiger charge is 2.19. The Morgan fingerprint density at radius 2 is 2.18 bits per heavy atom. The van der Waals surface area contributed by atoms with Crippen molar-refractivity contribution in [2.24, 2.45) is 0 Å². The monoisotopic (exact) mass is 174 g/mol. The van der Waals surface area contributed by atoms with Crippen LogP contribution in [0.3, 0.4) is 0 Å². The summed E-state index contributed by atoms with van der Waals surface area (Å²) in [6.07, 6.45) is 5.06. The summed E-state index contributed by atoms with van der Waals surface area (Å²) in [5, 5.41) is 0. The van der Waals surface area contributed by atoms with E-state index in [0.717, 1.165) is 6.42 Å². The molecule has 0 amide bonds. The topological polar surface area (TPSA) is 9.23 Å². The summed E-state index contributed by atoms with van der Waals surface area (Å²) in [5.74, 6) is 0. The molecule has 0 saturated heterocycles. The van der Waals surface area contributed by atoms with E-state index in [4.69, 9.17) is 4.74 Å². The molecule has 0 aromatic carbocycles. The maximum Gasteiger partial charge on any atom is 0.0983 e. The predicted molar refractivity (Wildman–Crippen MR) is 53.0 cm³/mol. The van der Waals surface area contributed by atoms with Gasteiger partial charge < -0.3 is 4.74 Å². The Morgan fingerprint density at radius 3 is 2.45 bits per heavy atom. The zero-order chi connectivity index (χ0) is 8.91. The van der Waals surface area contributed by atoms with Crippen LogP contribution in [0.15, 0.2) is 12.2 Å². The average molecular weight is 174 g/mol. The summed E-state index contributed by atoms with van der Waals surface area (Å²) < 4.78 is 5.60. The first-order valence-electron chi connectivity index (χ1n) is 4.04. The van der Waals surface area contributed by atoms with Gasteiger partial charge in [0, 0.05) is 0 Å². The van der Waals surface area contributed by atoms with Gasteiger partial charge in [-0.25, -0.2) is 0 Å². The molecule has 0 bridgehead atoms. The third-order valence-electron chi connectivity index (χ3n) is 1.66. The lowest BCUT2D eigenvalue weighted by Gasteiger charge is -2.26. The van der Waals surface area contributed by atoms with Gasteiger partial charge in [0.2, 0.25) is 0 Å². The second-order valence-corrected chi connectivity index (χ2v) is 3.61. The van der Waals surface area contributed by atoms with Gasteiger partial charge >= 0.3 is 0 Å². The van der Waals surface area contributed by atoms with E-state index in [1.165, 1.54) is 0 Å². The molecule has 2 atom stereocenters. The molecule has 0 aromatic rings. The van der Waals surface area contributed by atoms with E-state index in [1.54, 1.807) is 0 Å². The van der Waals surface area contributed by atoms with Gasteiger partial charge in [0.1, 0.15) is 0 Å². The molecule has 2 heteroatoms. The number of ether oxygens (including phenoxy) is 1. The molecule has 0 heterocycles.